The first-order valence-electron chi connectivity index (χ1n) is 8.12. The van der Waals surface area contributed by atoms with Crippen molar-refractivity contribution in [2.24, 2.45) is 0 Å². The summed E-state index contributed by atoms with van der Waals surface area (Å²) in [4.78, 5) is 26.1. The van der Waals surface area contributed by atoms with Crippen LogP contribution in [-0.2, 0) is 9.59 Å². The third-order valence-electron chi connectivity index (χ3n) is 4.00. The molecule has 0 spiro atoms. The van der Waals surface area contributed by atoms with Gasteiger partial charge in [0, 0.05) is 17.4 Å². The predicted octanol–water partition coefficient (Wildman–Crippen LogP) is 4.04. The van der Waals surface area contributed by atoms with Crippen LogP contribution in [0.3, 0.4) is 0 Å². The van der Waals surface area contributed by atoms with E-state index >= 15 is 0 Å². The molecule has 1 heterocycles. The lowest BCUT2D eigenvalue weighted by Gasteiger charge is -2.25. The highest BCUT2D eigenvalue weighted by Crippen LogP contribution is 2.42. The molecule has 1 aliphatic rings. The van der Waals surface area contributed by atoms with Crippen molar-refractivity contribution in [1.82, 2.24) is 0 Å². The molecule has 7 heteroatoms. The van der Waals surface area contributed by atoms with E-state index in [4.69, 9.17) is 16.3 Å². The third-order valence-corrected chi connectivity index (χ3v) is 5.41. The van der Waals surface area contributed by atoms with Crippen molar-refractivity contribution in [3.8, 4) is 5.75 Å². The Morgan fingerprint density at radius 3 is 2.81 bits per heavy atom. The molecule has 3 rings (SSSR count). The molecule has 136 valence electrons. The molecule has 1 N–H and O–H groups in total. The predicted molar refractivity (Wildman–Crippen MR) is 106 cm³/mol. The number of hydrogen-bond acceptors (Lipinski definition) is 4. The molecule has 0 aromatic heterocycles. The van der Waals surface area contributed by atoms with E-state index in [2.05, 4.69) is 5.32 Å². The first-order chi connectivity index (χ1) is 12.5. The van der Waals surface area contributed by atoms with Crippen molar-refractivity contribution in [2.75, 3.05) is 23.1 Å². The number of halogens is 1. The van der Waals surface area contributed by atoms with Crippen molar-refractivity contribution in [3.63, 3.8) is 0 Å². The zero-order chi connectivity index (χ0) is 18.7. The summed E-state index contributed by atoms with van der Waals surface area (Å²) in [7, 11) is 1.60. The molecular weight excluding hydrogens is 372 g/mol. The molecule has 0 saturated carbocycles. The number of alkyl halides is 1. The van der Waals surface area contributed by atoms with Gasteiger partial charge in [-0.25, -0.2) is 0 Å². The number of hydrogen-bond donors (Lipinski definition) is 1. The van der Waals surface area contributed by atoms with Crippen LogP contribution in [0.25, 0.3) is 0 Å². The molecule has 1 aliphatic heterocycles. The Kier molecular flexibility index (Phi) is 5.74. The number of thioether (sulfide) groups is 1. The second kappa shape index (κ2) is 8.01. The van der Waals surface area contributed by atoms with Crippen LogP contribution < -0.4 is 15.0 Å². The number of carbonyl (C=O) groups is 2. The maximum absolute atomic E-state index is 12.5. The summed E-state index contributed by atoms with van der Waals surface area (Å²) in [5.41, 5.74) is 2.38. The molecule has 0 aliphatic carbocycles. The monoisotopic (exact) mass is 390 g/mol. The molecule has 5 nitrogen and oxygen atoms in total. The van der Waals surface area contributed by atoms with E-state index in [1.54, 1.807) is 36.8 Å². The maximum atomic E-state index is 12.5. The van der Waals surface area contributed by atoms with E-state index < -0.39 is 5.38 Å². The Morgan fingerprint density at radius 1 is 1.31 bits per heavy atom. The normalized spacial score (nSPS) is 17.9. The SMILES string of the molecule is COc1cccc(N2C(=O)CS[C@@H]2c2cccc(NC(=O)[C@H](C)Cl)c2)c1. The fraction of sp³-hybridized carbons (Fsp3) is 0.263. The zero-order valence-electron chi connectivity index (χ0n) is 14.4. The van der Waals surface area contributed by atoms with Gasteiger partial charge in [0.15, 0.2) is 0 Å². The van der Waals surface area contributed by atoms with Gasteiger partial charge in [-0.1, -0.05) is 18.2 Å². The van der Waals surface area contributed by atoms with E-state index in [9.17, 15) is 9.59 Å². The molecule has 2 aromatic rings. The van der Waals surface area contributed by atoms with Gasteiger partial charge in [0.25, 0.3) is 0 Å². The van der Waals surface area contributed by atoms with E-state index in [0.717, 1.165) is 11.3 Å². The summed E-state index contributed by atoms with van der Waals surface area (Å²) in [5.74, 6) is 0.876. The van der Waals surface area contributed by atoms with Gasteiger partial charge in [-0.2, -0.15) is 0 Å². The first kappa shape index (κ1) is 18.6. The van der Waals surface area contributed by atoms with Crippen molar-refractivity contribution in [3.05, 3.63) is 54.1 Å². The Hall–Kier alpha value is -2.18. The number of ether oxygens (including phenoxy) is 1. The van der Waals surface area contributed by atoms with Crippen molar-refractivity contribution in [2.45, 2.75) is 17.7 Å². The van der Waals surface area contributed by atoms with Crippen LogP contribution in [0, 0.1) is 0 Å². The molecule has 2 amide bonds. The molecule has 2 aromatic carbocycles. The van der Waals surface area contributed by atoms with Gasteiger partial charge in [0.1, 0.15) is 16.5 Å². The fourth-order valence-electron chi connectivity index (χ4n) is 2.72. The van der Waals surface area contributed by atoms with E-state index in [-0.39, 0.29) is 17.2 Å². The Morgan fingerprint density at radius 2 is 2.08 bits per heavy atom. The summed E-state index contributed by atoms with van der Waals surface area (Å²) in [5, 5.41) is 2.00. The minimum absolute atomic E-state index is 0.0390. The number of nitrogens with one attached hydrogen (secondary N) is 1. The van der Waals surface area contributed by atoms with Gasteiger partial charge < -0.3 is 10.1 Å². The third kappa shape index (κ3) is 3.97. The van der Waals surface area contributed by atoms with Crippen LogP contribution in [0.4, 0.5) is 11.4 Å². The summed E-state index contributed by atoms with van der Waals surface area (Å²) >= 11 is 7.37. The zero-order valence-corrected chi connectivity index (χ0v) is 16.0. The Balaban J connectivity index is 1.90. The lowest BCUT2D eigenvalue weighted by atomic mass is 10.1. The van der Waals surface area contributed by atoms with Gasteiger partial charge in [-0.15, -0.1) is 23.4 Å². The molecule has 26 heavy (non-hydrogen) atoms. The summed E-state index contributed by atoms with van der Waals surface area (Å²) in [6.45, 7) is 1.62. The fourth-order valence-corrected chi connectivity index (χ4v) is 3.94. The minimum atomic E-state index is -0.616. The Labute approximate surface area is 161 Å². The van der Waals surface area contributed by atoms with Crippen LogP contribution >= 0.6 is 23.4 Å². The summed E-state index contributed by atoms with van der Waals surface area (Å²) in [6, 6.07) is 14.9. The molecule has 0 unspecified atom stereocenters. The number of carbonyl (C=O) groups excluding carboxylic acids is 2. The highest BCUT2D eigenvalue weighted by atomic mass is 35.5. The highest BCUT2D eigenvalue weighted by Gasteiger charge is 2.34. The van der Waals surface area contributed by atoms with Gasteiger partial charge in [-0.05, 0) is 36.8 Å². The largest absolute Gasteiger partial charge is 0.497 e. The summed E-state index contributed by atoms with van der Waals surface area (Å²) in [6.07, 6.45) is 0. The van der Waals surface area contributed by atoms with Crippen LogP contribution in [-0.4, -0.2) is 30.1 Å². The van der Waals surface area contributed by atoms with Gasteiger partial charge in [-0.3, -0.25) is 14.5 Å². The molecule has 2 atom stereocenters. The smallest absolute Gasteiger partial charge is 0.242 e. The number of rotatable bonds is 5. The van der Waals surface area contributed by atoms with E-state index in [1.165, 1.54) is 0 Å². The quantitative estimate of drug-likeness (QED) is 0.783. The van der Waals surface area contributed by atoms with Gasteiger partial charge in [0.05, 0.1) is 12.9 Å². The highest BCUT2D eigenvalue weighted by molar-refractivity contribution is 8.00. The average Bonchev–Trinajstić information content (AvgIpc) is 3.03. The molecular formula is C19H19ClN2O3S. The molecule has 0 bridgehead atoms. The van der Waals surface area contributed by atoms with Gasteiger partial charge >= 0.3 is 0 Å². The van der Waals surface area contributed by atoms with Crippen LogP contribution in [0.15, 0.2) is 48.5 Å². The standard InChI is InChI=1S/C19H19ClN2O3S/c1-12(20)18(24)21-14-6-3-5-13(9-14)19-22(17(23)11-26-19)15-7-4-8-16(10-15)25-2/h3-10,12,19H,11H2,1-2H3,(H,21,24)/t12-,19+/m0/s1. The van der Waals surface area contributed by atoms with Crippen molar-refractivity contribution in [1.29, 1.82) is 0 Å². The second-order valence-electron chi connectivity index (χ2n) is 5.86. The number of benzene rings is 2. The summed E-state index contributed by atoms with van der Waals surface area (Å²) < 4.78 is 5.27. The van der Waals surface area contributed by atoms with Crippen LogP contribution in [0.2, 0.25) is 0 Å². The number of amides is 2. The van der Waals surface area contributed by atoms with Crippen LogP contribution in [0.1, 0.15) is 17.9 Å². The molecule has 1 fully saturated rings. The van der Waals surface area contributed by atoms with Crippen molar-refractivity contribution >= 4 is 46.6 Å². The lowest BCUT2D eigenvalue weighted by Crippen LogP contribution is -2.28. The number of methoxy groups -OCH3 is 1. The Bertz CT molecular complexity index is 828. The average molecular weight is 391 g/mol. The van der Waals surface area contributed by atoms with Gasteiger partial charge in [0.2, 0.25) is 11.8 Å². The van der Waals surface area contributed by atoms with Crippen molar-refractivity contribution < 1.29 is 14.3 Å². The number of anilines is 2. The van der Waals surface area contributed by atoms with Crippen LogP contribution in [0.5, 0.6) is 5.75 Å². The van der Waals surface area contributed by atoms with E-state index in [1.807, 2.05) is 42.5 Å². The lowest BCUT2D eigenvalue weighted by molar-refractivity contribution is -0.116. The molecule has 1 saturated heterocycles. The molecule has 0 radical (unpaired) electrons. The first-order valence-corrected chi connectivity index (χ1v) is 9.60. The number of nitrogens with zero attached hydrogens (tertiary/aromatic N) is 1. The topological polar surface area (TPSA) is 58.6 Å². The second-order valence-corrected chi connectivity index (χ2v) is 7.58. The maximum Gasteiger partial charge on any atom is 0.242 e. The van der Waals surface area contributed by atoms with E-state index in [0.29, 0.717) is 17.2 Å². The minimum Gasteiger partial charge on any atom is -0.497 e.